The minimum Gasteiger partial charge on any atom is -0.320 e. The molecule has 1 aromatic heterocycles. The molecule has 1 N–H and O–H groups in total. The maximum atomic E-state index is 14.1. The largest absolute Gasteiger partial charge is 0.320 e. The third-order valence-electron chi connectivity index (χ3n) is 4.71. The third-order valence-corrected chi connectivity index (χ3v) is 7.92. The van der Waals surface area contributed by atoms with Crippen molar-refractivity contribution in [2.45, 2.75) is 23.8 Å². The Morgan fingerprint density at radius 3 is 2.61 bits per heavy atom. The number of carbonyl (C=O) groups excluding carboxylic acids is 1. The molecule has 0 saturated carbocycles. The van der Waals surface area contributed by atoms with Crippen molar-refractivity contribution in [3.8, 4) is 0 Å². The van der Waals surface area contributed by atoms with Crippen molar-refractivity contribution in [1.82, 2.24) is 14.5 Å². The summed E-state index contributed by atoms with van der Waals surface area (Å²) in [6.45, 7) is 0.149. The van der Waals surface area contributed by atoms with Crippen LogP contribution in [0.1, 0.15) is 33.7 Å². The lowest BCUT2D eigenvalue weighted by atomic mass is 10.2. The van der Waals surface area contributed by atoms with Crippen molar-refractivity contribution < 1.29 is 22.0 Å². The molecule has 1 atom stereocenters. The normalized spacial score (nSPS) is 17.1. The van der Waals surface area contributed by atoms with E-state index in [1.165, 1.54) is 0 Å². The molecule has 0 radical (unpaired) electrons. The van der Waals surface area contributed by atoms with Crippen molar-refractivity contribution >= 4 is 44.6 Å². The van der Waals surface area contributed by atoms with Crippen LogP contribution in [0.5, 0.6) is 0 Å². The second kappa shape index (κ2) is 8.58. The van der Waals surface area contributed by atoms with Crippen LogP contribution in [0.2, 0.25) is 5.02 Å². The summed E-state index contributed by atoms with van der Waals surface area (Å²) in [5.74, 6) is -2.52. The van der Waals surface area contributed by atoms with Crippen molar-refractivity contribution in [2.24, 2.45) is 0 Å². The second-order valence-electron chi connectivity index (χ2n) is 6.75. The number of nitrogens with one attached hydrogen (secondary N) is 1. The minimum absolute atomic E-state index is 0.0576. The van der Waals surface area contributed by atoms with E-state index in [1.807, 2.05) is 0 Å². The number of rotatable bonds is 5. The van der Waals surface area contributed by atoms with E-state index in [4.69, 9.17) is 11.6 Å². The summed E-state index contributed by atoms with van der Waals surface area (Å²) in [4.78, 5) is 11.8. The van der Waals surface area contributed by atoms with Gasteiger partial charge in [0.2, 0.25) is 15.0 Å². The quantitative estimate of drug-likeness (QED) is 0.584. The predicted molar refractivity (Wildman–Crippen MR) is 112 cm³/mol. The van der Waals surface area contributed by atoms with E-state index >= 15 is 0 Å². The highest BCUT2D eigenvalue weighted by atomic mass is 35.5. The molecule has 31 heavy (non-hydrogen) atoms. The van der Waals surface area contributed by atoms with Gasteiger partial charge in [0.25, 0.3) is 5.91 Å². The zero-order chi connectivity index (χ0) is 22.2. The number of amides is 1. The highest BCUT2D eigenvalue weighted by molar-refractivity contribution is 7.89. The highest BCUT2D eigenvalue weighted by Crippen LogP contribution is 2.38. The molecule has 1 aliphatic rings. The molecule has 3 aromatic rings. The summed E-state index contributed by atoms with van der Waals surface area (Å²) < 4.78 is 54.4. The molecule has 0 unspecified atom stereocenters. The maximum absolute atomic E-state index is 14.1. The van der Waals surface area contributed by atoms with Gasteiger partial charge in [-0.25, -0.2) is 17.2 Å². The lowest BCUT2D eigenvalue weighted by molar-refractivity contribution is 0.102. The van der Waals surface area contributed by atoms with Gasteiger partial charge in [-0.3, -0.25) is 4.79 Å². The first-order valence-corrected chi connectivity index (χ1v) is 11.8. The third kappa shape index (κ3) is 4.45. The molecule has 2 heterocycles. The fourth-order valence-electron chi connectivity index (χ4n) is 3.26. The Labute approximate surface area is 185 Å². The number of carbonyl (C=O) groups is 1. The van der Waals surface area contributed by atoms with Crippen LogP contribution in [-0.2, 0) is 10.0 Å². The summed E-state index contributed by atoms with van der Waals surface area (Å²) in [5.41, 5.74) is 0.517. The van der Waals surface area contributed by atoms with E-state index in [0.717, 1.165) is 27.8 Å². The Morgan fingerprint density at radius 1 is 1.16 bits per heavy atom. The summed E-state index contributed by atoms with van der Waals surface area (Å²) in [7, 11) is -4.23. The number of aromatic nitrogens is 2. The number of halogens is 3. The van der Waals surface area contributed by atoms with E-state index in [2.05, 4.69) is 15.5 Å². The first-order chi connectivity index (χ1) is 14.8. The molecule has 2 aromatic carbocycles. The van der Waals surface area contributed by atoms with Gasteiger partial charge in [0.1, 0.15) is 21.5 Å². The SMILES string of the molecule is O=C(Nc1ccc(Cl)cc1)c1nnc([C@@H]2CCCN2S(=O)(=O)c2ccc(F)cc2F)s1. The molecule has 1 fully saturated rings. The van der Waals surface area contributed by atoms with Crippen LogP contribution in [0.4, 0.5) is 14.5 Å². The van der Waals surface area contributed by atoms with Gasteiger partial charge in [-0.05, 0) is 49.2 Å². The molecule has 1 aliphatic heterocycles. The van der Waals surface area contributed by atoms with Crippen molar-refractivity contribution in [2.75, 3.05) is 11.9 Å². The van der Waals surface area contributed by atoms with E-state index in [-0.39, 0.29) is 11.6 Å². The summed E-state index contributed by atoms with van der Waals surface area (Å²) in [6.07, 6.45) is 0.966. The topological polar surface area (TPSA) is 92.3 Å². The van der Waals surface area contributed by atoms with Crippen LogP contribution in [0.3, 0.4) is 0 Å². The number of anilines is 1. The average molecular weight is 485 g/mol. The Hall–Kier alpha value is -2.47. The maximum Gasteiger partial charge on any atom is 0.286 e. The van der Waals surface area contributed by atoms with E-state index in [9.17, 15) is 22.0 Å². The molecule has 12 heteroatoms. The van der Waals surface area contributed by atoms with Crippen LogP contribution < -0.4 is 5.32 Å². The van der Waals surface area contributed by atoms with Crippen LogP contribution in [0, 0.1) is 11.6 Å². The number of hydrogen-bond donors (Lipinski definition) is 1. The molecule has 162 valence electrons. The standard InChI is InChI=1S/C19H15ClF2N4O3S2/c20-11-3-6-13(7-4-11)23-17(27)19-25-24-18(30-19)15-2-1-9-26(15)31(28,29)16-8-5-12(21)10-14(16)22/h3-8,10,15H,1-2,9H2,(H,23,27)/t15-/m0/s1. The fourth-order valence-corrected chi connectivity index (χ4v) is 6.05. The van der Waals surface area contributed by atoms with Crippen LogP contribution in [0.25, 0.3) is 0 Å². The summed E-state index contributed by atoms with van der Waals surface area (Å²) in [6, 6.07) is 8.14. The Kier molecular flexibility index (Phi) is 6.02. The lowest BCUT2D eigenvalue weighted by Crippen LogP contribution is -2.31. The summed E-state index contributed by atoms with van der Waals surface area (Å²) in [5, 5.41) is 11.4. The molecular formula is C19H15ClF2N4O3S2. The first-order valence-electron chi connectivity index (χ1n) is 9.13. The van der Waals surface area contributed by atoms with Gasteiger partial charge in [-0.15, -0.1) is 10.2 Å². The molecule has 0 bridgehead atoms. The van der Waals surface area contributed by atoms with Gasteiger partial charge in [0.05, 0.1) is 6.04 Å². The lowest BCUT2D eigenvalue weighted by Gasteiger charge is -2.22. The summed E-state index contributed by atoms with van der Waals surface area (Å²) >= 11 is 6.79. The van der Waals surface area contributed by atoms with Gasteiger partial charge < -0.3 is 5.32 Å². The van der Waals surface area contributed by atoms with Crippen molar-refractivity contribution in [3.63, 3.8) is 0 Å². The van der Waals surface area contributed by atoms with Crippen LogP contribution in [-0.4, -0.2) is 35.4 Å². The Morgan fingerprint density at radius 2 is 1.90 bits per heavy atom. The van der Waals surface area contributed by atoms with Gasteiger partial charge in [-0.1, -0.05) is 22.9 Å². The van der Waals surface area contributed by atoms with Crippen LogP contribution in [0.15, 0.2) is 47.4 Å². The van der Waals surface area contributed by atoms with E-state index in [0.29, 0.717) is 34.6 Å². The van der Waals surface area contributed by atoms with Gasteiger partial charge in [-0.2, -0.15) is 4.31 Å². The van der Waals surface area contributed by atoms with Crippen molar-refractivity contribution in [1.29, 1.82) is 0 Å². The molecule has 0 spiro atoms. The monoisotopic (exact) mass is 484 g/mol. The molecular weight excluding hydrogens is 470 g/mol. The number of hydrogen-bond acceptors (Lipinski definition) is 6. The first kappa shape index (κ1) is 21.8. The molecule has 4 rings (SSSR count). The molecule has 1 saturated heterocycles. The zero-order valence-electron chi connectivity index (χ0n) is 15.8. The van der Waals surface area contributed by atoms with Gasteiger partial charge >= 0.3 is 0 Å². The molecule has 7 nitrogen and oxygen atoms in total. The highest BCUT2D eigenvalue weighted by Gasteiger charge is 2.39. The van der Waals surface area contributed by atoms with E-state index in [1.54, 1.807) is 24.3 Å². The molecule has 1 amide bonds. The van der Waals surface area contributed by atoms with Crippen molar-refractivity contribution in [3.05, 3.63) is 69.1 Å². The number of benzene rings is 2. The van der Waals surface area contributed by atoms with Gasteiger partial charge in [0.15, 0.2) is 0 Å². The minimum atomic E-state index is -4.23. The number of sulfonamides is 1. The average Bonchev–Trinajstić information content (AvgIpc) is 3.39. The molecule has 0 aliphatic carbocycles. The van der Waals surface area contributed by atoms with E-state index < -0.39 is 38.5 Å². The van der Waals surface area contributed by atoms with Crippen LogP contribution >= 0.6 is 22.9 Å². The zero-order valence-corrected chi connectivity index (χ0v) is 18.1. The fraction of sp³-hybridized carbons (Fsp3) is 0.211. The van der Waals surface area contributed by atoms with Gasteiger partial charge in [0, 0.05) is 23.3 Å². The number of nitrogens with zero attached hydrogens (tertiary/aromatic N) is 3. The smallest absolute Gasteiger partial charge is 0.286 e. The Balaban J connectivity index is 1.56. The Bertz CT molecular complexity index is 1240. The predicted octanol–water partition coefficient (Wildman–Crippen LogP) is 4.25. The second-order valence-corrected chi connectivity index (χ2v) is 10.1.